The second-order valence-electron chi connectivity index (χ2n) is 5.17. The van der Waals surface area contributed by atoms with E-state index in [9.17, 15) is 8.42 Å². The summed E-state index contributed by atoms with van der Waals surface area (Å²) in [6.07, 6.45) is 6.74. The minimum atomic E-state index is -3.00. The van der Waals surface area contributed by atoms with E-state index in [2.05, 4.69) is 18.5 Å². The number of sulfonamides is 1. The largest absolute Gasteiger partial charge is 0.316 e. The highest BCUT2D eigenvalue weighted by Gasteiger charge is 2.25. The molecule has 4 nitrogen and oxygen atoms in total. The summed E-state index contributed by atoms with van der Waals surface area (Å²) in [6, 6.07) is 0. The highest BCUT2D eigenvalue weighted by Crippen LogP contribution is 2.18. The van der Waals surface area contributed by atoms with E-state index >= 15 is 0 Å². The van der Waals surface area contributed by atoms with Crippen LogP contribution < -0.4 is 5.32 Å². The van der Waals surface area contributed by atoms with Gasteiger partial charge < -0.3 is 5.32 Å². The van der Waals surface area contributed by atoms with Crippen molar-refractivity contribution in [2.75, 3.05) is 38.7 Å². The highest BCUT2D eigenvalue weighted by molar-refractivity contribution is 7.99. The van der Waals surface area contributed by atoms with Gasteiger partial charge in [0, 0.05) is 18.3 Å². The molecule has 0 aromatic carbocycles. The van der Waals surface area contributed by atoms with Crippen molar-refractivity contribution in [3.63, 3.8) is 0 Å². The van der Waals surface area contributed by atoms with Crippen LogP contribution in [0.5, 0.6) is 0 Å². The van der Waals surface area contributed by atoms with Crippen LogP contribution >= 0.6 is 11.8 Å². The minimum Gasteiger partial charge on any atom is -0.316 e. The Morgan fingerprint density at radius 1 is 1.50 bits per heavy atom. The first kappa shape index (κ1) is 16.3. The zero-order valence-corrected chi connectivity index (χ0v) is 13.3. The van der Waals surface area contributed by atoms with Crippen molar-refractivity contribution in [1.29, 1.82) is 0 Å². The molecule has 1 rings (SSSR count). The van der Waals surface area contributed by atoms with Crippen LogP contribution in [0.1, 0.15) is 26.2 Å². The van der Waals surface area contributed by atoms with Crippen LogP contribution in [0.2, 0.25) is 0 Å². The molecule has 1 heterocycles. The molecule has 108 valence electrons. The molecule has 1 saturated heterocycles. The third-order valence-electron chi connectivity index (χ3n) is 3.51. The fourth-order valence-electron chi connectivity index (χ4n) is 2.22. The highest BCUT2D eigenvalue weighted by atomic mass is 32.2. The maximum absolute atomic E-state index is 11.5. The normalized spacial score (nSPS) is 24.1. The van der Waals surface area contributed by atoms with E-state index < -0.39 is 10.0 Å². The molecule has 0 bridgehead atoms. The van der Waals surface area contributed by atoms with Crippen molar-refractivity contribution in [1.82, 2.24) is 9.62 Å². The van der Waals surface area contributed by atoms with Gasteiger partial charge in [-0.15, -0.1) is 0 Å². The van der Waals surface area contributed by atoms with Gasteiger partial charge in [0.1, 0.15) is 0 Å². The molecule has 6 heteroatoms. The van der Waals surface area contributed by atoms with Gasteiger partial charge in [0.05, 0.1) is 6.26 Å². The van der Waals surface area contributed by atoms with E-state index in [0.29, 0.717) is 24.3 Å². The van der Waals surface area contributed by atoms with E-state index in [1.165, 1.54) is 12.7 Å². The number of rotatable bonds is 7. The van der Waals surface area contributed by atoms with E-state index in [0.717, 1.165) is 25.9 Å². The summed E-state index contributed by atoms with van der Waals surface area (Å²) in [5.74, 6) is 0.470. The molecule has 0 aromatic heterocycles. The van der Waals surface area contributed by atoms with Gasteiger partial charge in [-0.25, -0.2) is 12.7 Å². The molecule has 1 N–H and O–H groups in total. The monoisotopic (exact) mass is 294 g/mol. The van der Waals surface area contributed by atoms with Crippen LogP contribution in [0.25, 0.3) is 0 Å². The fourth-order valence-corrected chi connectivity index (χ4v) is 3.52. The van der Waals surface area contributed by atoms with Crippen LogP contribution in [0, 0.1) is 5.92 Å². The summed E-state index contributed by atoms with van der Waals surface area (Å²) < 4.78 is 24.6. The molecule has 0 spiro atoms. The van der Waals surface area contributed by atoms with Gasteiger partial charge in [0.15, 0.2) is 0 Å². The van der Waals surface area contributed by atoms with Crippen LogP contribution in [0.3, 0.4) is 0 Å². The van der Waals surface area contributed by atoms with Gasteiger partial charge >= 0.3 is 0 Å². The topological polar surface area (TPSA) is 49.4 Å². The van der Waals surface area contributed by atoms with Crippen LogP contribution in [-0.2, 0) is 10.0 Å². The third kappa shape index (κ3) is 5.91. The average molecular weight is 294 g/mol. The van der Waals surface area contributed by atoms with Crippen molar-refractivity contribution in [3.05, 3.63) is 0 Å². The van der Waals surface area contributed by atoms with Gasteiger partial charge in [0.25, 0.3) is 0 Å². The molecule has 0 amide bonds. The average Bonchev–Trinajstić information content (AvgIpc) is 2.33. The Labute approximate surface area is 116 Å². The van der Waals surface area contributed by atoms with Gasteiger partial charge in [0.2, 0.25) is 10.0 Å². The third-order valence-corrected chi connectivity index (χ3v) is 5.82. The molecule has 0 aromatic rings. The molecule has 0 aliphatic carbocycles. The lowest BCUT2D eigenvalue weighted by Gasteiger charge is -2.31. The lowest BCUT2D eigenvalue weighted by molar-refractivity contribution is 0.261. The molecule has 1 fully saturated rings. The van der Waals surface area contributed by atoms with Gasteiger partial charge in [-0.1, -0.05) is 6.92 Å². The van der Waals surface area contributed by atoms with Crippen LogP contribution in [0.4, 0.5) is 0 Å². The number of nitrogens with one attached hydrogen (secondary N) is 1. The summed E-state index contributed by atoms with van der Waals surface area (Å²) in [7, 11) is -3.00. The van der Waals surface area contributed by atoms with Crippen LogP contribution in [-0.4, -0.2) is 56.7 Å². The van der Waals surface area contributed by atoms with Crippen molar-refractivity contribution in [2.24, 2.45) is 5.92 Å². The first-order chi connectivity index (χ1) is 8.43. The summed E-state index contributed by atoms with van der Waals surface area (Å²) in [6.45, 7) is 5.58. The summed E-state index contributed by atoms with van der Waals surface area (Å²) in [4.78, 5) is 0. The number of nitrogens with zero attached hydrogens (tertiary/aromatic N) is 1. The minimum absolute atomic E-state index is 0.470. The molecule has 0 saturated carbocycles. The standard InChI is InChI=1S/C12H26N2O2S2/c1-11(17-2)6-7-13-9-12-5-4-8-14(10-12)18(3,15)16/h11-13H,4-10H2,1-3H3. The van der Waals surface area contributed by atoms with E-state index in [-0.39, 0.29) is 0 Å². The smallest absolute Gasteiger partial charge is 0.211 e. The lowest BCUT2D eigenvalue weighted by Crippen LogP contribution is -2.42. The Kier molecular flexibility index (Phi) is 6.98. The number of hydrogen-bond acceptors (Lipinski definition) is 4. The number of piperidine rings is 1. The SMILES string of the molecule is CSC(C)CCNCC1CCCN(S(C)(=O)=O)C1. The summed E-state index contributed by atoms with van der Waals surface area (Å²) >= 11 is 1.89. The molecule has 1 aliphatic heterocycles. The molecule has 2 unspecified atom stereocenters. The predicted octanol–water partition coefficient (Wildman–Crippen LogP) is 1.39. The second-order valence-corrected chi connectivity index (χ2v) is 8.43. The number of thioether (sulfide) groups is 1. The van der Waals surface area contributed by atoms with Crippen molar-refractivity contribution < 1.29 is 8.42 Å². The molecular formula is C12H26N2O2S2. The maximum atomic E-state index is 11.5. The Morgan fingerprint density at radius 3 is 2.83 bits per heavy atom. The zero-order chi connectivity index (χ0) is 13.6. The van der Waals surface area contributed by atoms with Crippen molar-refractivity contribution in [2.45, 2.75) is 31.4 Å². The van der Waals surface area contributed by atoms with E-state index in [4.69, 9.17) is 0 Å². The summed E-state index contributed by atoms with van der Waals surface area (Å²) in [5.41, 5.74) is 0. The van der Waals surface area contributed by atoms with E-state index in [1.54, 1.807) is 4.31 Å². The first-order valence-electron chi connectivity index (χ1n) is 6.62. The second kappa shape index (κ2) is 7.72. The van der Waals surface area contributed by atoms with Gasteiger partial charge in [-0.05, 0) is 44.5 Å². The van der Waals surface area contributed by atoms with Crippen LogP contribution in [0.15, 0.2) is 0 Å². The number of hydrogen-bond donors (Lipinski definition) is 1. The quantitative estimate of drug-likeness (QED) is 0.721. The first-order valence-corrected chi connectivity index (χ1v) is 9.75. The Bertz CT molecular complexity index is 333. The van der Waals surface area contributed by atoms with E-state index in [1.807, 2.05) is 11.8 Å². The Hall–Kier alpha value is 0.220. The molecule has 2 atom stereocenters. The maximum Gasteiger partial charge on any atom is 0.211 e. The molecule has 1 aliphatic rings. The van der Waals surface area contributed by atoms with Gasteiger partial charge in [-0.2, -0.15) is 11.8 Å². The fraction of sp³-hybridized carbons (Fsp3) is 1.00. The predicted molar refractivity (Wildman–Crippen MR) is 79.6 cm³/mol. The molecule has 0 radical (unpaired) electrons. The van der Waals surface area contributed by atoms with Gasteiger partial charge in [-0.3, -0.25) is 0 Å². The van der Waals surface area contributed by atoms with Crippen molar-refractivity contribution in [3.8, 4) is 0 Å². The molecule has 18 heavy (non-hydrogen) atoms. The summed E-state index contributed by atoms with van der Waals surface area (Å²) in [5, 5.41) is 4.15. The Balaban J connectivity index is 2.23. The molecular weight excluding hydrogens is 268 g/mol. The lowest BCUT2D eigenvalue weighted by atomic mass is 10.00. The Morgan fingerprint density at radius 2 is 2.22 bits per heavy atom. The zero-order valence-electron chi connectivity index (χ0n) is 11.7. The van der Waals surface area contributed by atoms with Crippen molar-refractivity contribution >= 4 is 21.8 Å².